The van der Waals surface area contributed by atoms with Crippen molar-refractivity contribution < 1.29 is 4.74 Å². The molecule has 0 bridgehead atoms. The van der Waals surface area contributed by atoms with E-state index in [9.17, 15) is 0 Å². The van der Waals surface area contributed by atoms with Gasteiger partial charge in [0.05, 0.1) is 25.5 Å². The second kappa shape index (κ2) is 9.73. The minimum Gasteiger partial charge on any atom is -0.497 e. The zero-order valence-corrected chi connectivity index (χ0v) is 18.0. The van der Waals surface area contributed by atoms with E-state index in [1.54, 1.807) is 7.11 Å². The molecule has 30 heavy (non-hydrogen) atoms. The molecule has 4 rings (SSSR count). The van der Waals surface area contributed by atoms with Crippen molar-refractivity contribution in [1.82, 2.24) is 19.6 Å². The normalized spacial score (nSPS) is 14.5. The van der Waals surface area contributed by atoms with Gasteiger partial charge in [0.25, 0.3) is 0 Å². The Morgan fingerprint density at radius 3 is 2.53 bits per heavy atom. The highest BCUT2D eigenvalue weighted by molar-refractivity contribution is 7.80. The topological polar surface area (TPSA) is 45.6 Å². The third kappa shape index (κ3) is 5.37. The van der Waals surface area contributed by atoms with Crippen LogP contribution >= 0.6 is 12.2 Å². The zero-order valence-electron chi connectivity index (χ0n) is 17.2. The highest BCUT2D eigenvalue weighted by atomic mass is 32.1. The van der Waals surface area contributed by atoms with E-state index in [1.807, 2.05) is 47.4 Å². The number of methoxy groups -OCH3 is 1. The van der Waals surface area contributed by atoms with Crippen LogP contribution in [0.25, 0.3) is 0 Å². The second-order valence-corrected chi connectivity index (χ2v) is 7.84. The number of nitrogens with one attached hydrogen (secondary N) is 1. The Bertz CT molecular complexity index is 966. The van der Waals surface area contributed by atoms with Crippen molar-refractivity contribution in [1.29, 1.82) is 0 Å². The van der Waals surface area contributed by atoms with E-state index < -0.39 is 0 Å². The van der Waals surface area contributed by atoms with Gasteiger partial charge in [0, 0.05) is 38.9 Å². The zero-order chi connectivity index (χ0) is 20.8. The molecule has 0 radical (unpaired) electrons. The number of benzene rings is 2. The maximum atomic E-state index is 5.64. The van der Waals surface area contributed by atoms with Crippen LogP contribution in [0.3, 0.4) is 0 Å². The number of piperazine rings is 1. The molecule has 0 aliphatic carbocycles. The van der Waals surface area contributed by atoms with Crippen molar-refractivity contribution in [2.75, 3.05) is 38.6 Å². The Kier molecular flexibility index (Phi) is 6.61. The molecule has 1 aromatic heterocycles. The van der Waals surface area contributed by atoms with Gasteiger partial charge in [-0.2, -0.15) is 5.10 Å². The molecule has 3 aromatic rings. The number of hydrogen-bond donors (Lipinski definition) is 1. The molecule has 0 amide bonds. The molecule has 6 nitrogen and oxygen atoms in total. The van der Waals surface area contributed by atoms with E-state index >= 15 is 0 Å². The number of thiocarbonyl (C=S) groups is 1. The van der Waals surface area contributed by atoms with Gasteiger partial charge in [-0.3, -0.25) is 9.58 Å². The van der Waals surface area contributed by atoms with Crippen LogP contribution in [0.1, 0.15) is 11.1 Å². The molecular formula is C23H27N5OS. The summed E-state index contributed by atoms with van der Waals surface area (Å²) in [5, 5.41) is 8.54. The average Bonchev–Trinajstić information content (AvgIpc) is 3.21. The van der Waals surface area contributed by atoms with Gasteiger partial charge in [0.2, 0.25) is 0 Å². The van der Waals surface area contributed by atoms with Crippen molar-refractivity contribution in [2.24, 2.45) is 0 Å². The number of rotatable bonds is 6. The summed E-state index contributed by atoms with van der Waals surface area (Å²) in [6.07, 6.45) is 3.83. The summed E-state index contributed by atoms with van der Waals surface area (Å²) < 4.78 is 7.25. The van der Waals surface area contributed by atoms with Gasteiger partial charge < -0.3 is 15.0 Å². The van der Waals surface area contributed by atoms with E-state index in [1.165, 1.54) is 11.1 Å². The van der Waals surface area contributed by atoms with Gasteiger partial charge in [-0.15, -0.1) is 0 Å². The lowest BCUT2D eigenvalue weighted by Crippen LogP contribution is -2.49. The van der Waals surface area contributed by atoms with Gasteiger partial charge in [-0.1, -0.05) is 42.5 Å². The molecule has 1 saturated heterocycles. The second-order valence-electron chi connectivity index (χ2n) is 7.46. The SMILES string of the molecule is COc1cccc(CN2CCN(C(=S)Nc3cnn(Cc4ccccc4)c3)CC2)c1. The first-order valence-electron chi connectivity index (χ1n) is 10.2. The lowest BCUT2D eigenvalue weighted by molar-refractivity contribution is 0.177. The van der Waals surface area contributed by atoms with E-state index in [4.69, 9.17) is 17.0 Å². The summed E-state index contributed by atoms with van der Waals surface area (Å²) in [5.74, 6) is 0.907. The fraction of sp³-hybridized carbons (Fsp3) is 0.304. The predicted molar refractivity (Wildman–Crippen MR) is 124 cm³/mol. The molecule has 0 unspecified atom stereocenters. The number of hydrogen-bond acceptors (Lipinski definition) is 4. The van der Waals surface area contributed by atoms with E-state index in [0.29, 0.717) is 0 Å². The van der Waals surface area contributed by atoms with Gasteiger partial charge in [-0.05, 0) is 35.5 Å². The molecule has 156 valence electrons. The van der Waals surface area contributed by atoms with Gasteiger partial charge in [0.15, 0.2) is 5.11 Å². The van der Waals surface area contributed by atoms with Gasteiger partial charge in [-0.25, -0.2) is 0 Å². The molecule has 1 aliphatic rings. The third-order valence-electron chi connectivity index (χ3n) is 5.27. The Morgan fingerprint density at radius 1 is 1.00 bits per heavy atom. The van der Waals surface area contributed by atoms with Gasteiger partial charge >= 0.3 is 0 Å². The minimum atomic E-state index is 0.748. The summed E-state index contributed by atoms with van der Waals surface area (Å²) in [6, 6.07) is 18.6. The van der Waals surface area contributed by atoms with Gasteiger partial charge in [0.1, 0.15) is 5.75 Å². The van der Waals surface area contributed by atoms with Crippen molar-refractivity contribution in [3.8, 4) is 5.75 Å². The first-order valence-corrected chi connectivity index (χ1v) is 10.6. The molecule has 0 spiro atoms. The summed E-state index contributed by atoms with van der Waals surface area (Å²) in [6.45, 7) is 5.45. The van der Waals surface area contributed by atoms with Crippen LogP contribution in [0.5, 0.6) is 5.75 Å². The van der Waals surface area contributed by atoms with Crippen LogP contribution in [0.2, 0.25) is 0 Å². The van der Waals surface area contributed by atoms with Crippen LogP contribution in [0, 0.1) is 0 Å². The monoisotopic (exact) mass is 421 g/mol. The molecular weight excluding hydrogens is 394 g/mol. The fourth-order valence-corrected chi connectivity index (χ4v) is 3.93. The molecule has 1 aliphatic heterocycles. The van der Waals surface area contributed by atoms with Crippen molar-refractivity contribution in [3.05, 3.63) is 78.1 Å². The van der Waals surface area contributed by atoms with E-state index in [2.05, 4.69) is 44.5 Å². The molecule has 2 heterocycles. The van der Waals surface area contributed by atoms with Crippen LogP contribution in [-0.2, 0) is 13.1 Å². The maximum absolute atomic E-state index is 5.64. The smallest absolute Gasteiger partial charge is 0.173 e. The summed E-state index contributed by atoms with van der Waals surface area (Å²) in [7, 11) is 1.71. The Labute approximate surface area is 183 Å². The summed E-state index contributed by atoms with van der Waals surface area (Å²) in [5.41, 5.74) is 3.42. The number of anilines is 1. The quantitative estimate of drug-likeness (QED) is 0.615. The number of ether oxygens (including phenoxy) is 1. The molecule has 1 fully saturated rings. The average molecular weight is 422 g/mol. The van der Waals surface area contributed by atoms with Crippen molar-refractivity contribution >= 4 is 23.0 Å². The third-order valence-corrected chi connectivity index (χ3v) is 5.63. The first kappa shape index (κ1) is 20.4. The molecule has 0 atom stereocenters. The Hall–Kier alpha value is -2.90. The van der Waals surface area contributed by atoms with E-state index in [-0.39, 0.29) is 0 Å². The number of nitrogens with zero attached hydrogens (tertiary/aromatic N) is 4. The Morgan fingerprint density at radius 2 is 1.77 bits per heavy atom. The number of aromatic nitrogens is 2. The highest BCUT2D eigenvalue weighted by Crippen LogP contribution is 2.16. The predicted octanol–water partition coefficient (Wildman–Crippen LogP) is 3.45. The summed E-state index contributed by atoms with van der Waals surface area (Å²) >= 11 is 5.64. The van der Waals surface area contributed by atoms with Crippen LogP contribution in [0.15, 0.2) is 67.0 Å². The first-order chi connectivity index (χ1) is 14.7. The highest BCUT2D eigenvalue weighted by Gasteiger charge is 2.19. The molecule has 0 saturated carbocycles. The fourth-order valence-electron chi connectivity index (χ4n) is 3.63. The van der Waals surface area contributed by atoms with Crippen molar-refractivity contribution in [2.45, 2.75) is 13.1 Å². The van der Waals surface area contributed by atoms with Crippen LogP contribution in [-0.4, -0.2) is 58.0 Å². The van der Waals surface area contributed by atoms with Crippen molar-refractivity contribution in [3.63, 3.8) is 0 Å². The standard InChI is InChI=1S/C23H27N5OS/c1-29-22-9-5-8-20(14-22)16-26-10-12-27(13-11-26)23(30)25-21-15-24-28(18-21)17-19-6-3-2-4-7-19/h2-9,14-15,18H,10-13,16-17H2,1H3,(H,25,30). The molecule has 7 heteroatoms. The van der Waals surface area contributed by atoms with Crippen LogP contribution in [0.4, 0.5) is 5.69 Å². The van der Waals surface area contributed by atoms with Crippen LogP contribution < -0.4 is 10.1 Å². The lowest BCUT2D eigenvalue weighted by Gasteiger charge is -2.36. The van der Waals surface area contributed by atoms with E-state index in [0.717, 1.165) is 55.8 Å². The Balaban J connectivity index is 1.25. The minimum absolute atomic E-state index is 0.748. The largest absolute Gasteiger partial charge is 0.497 e. The molecule has 2 aromatic carbocycles. The summed E-state index contributed by atoms with van der Waals surface area (Å²) in [4.78, 5) is 4.68. The maximum Gasteiger partial charge on any atom is 0.173 e. The lowest BCUT2D eigenvalue weighted by atomic mass is 10.2. The molecule has 1 N–H and O–H groups in total.